The maximum atomic E-state index is 2.54. The molecule has 4 aromatic carbocycles. The van der Waals surface area contributed by atoms with Crippen LogP contribution in [0, 0.1) is 0 Å². The fourth-order valence-electron chi connectivity index (χ4n) is 7.72. The second-order valence-electron chi connectivity index (χ2n) is 11.7. The summed E-state index contributed by atoms with van der Waals surface area (Å²) in [5.74, 6) is 0.904. The zero-order valence-corrected chi connectivity index (χ0v) is 22.8. The van der Waals surface area contributed by atoms with Crippen LogP contribution in [-0.4, -0.2) is 13.1 Å². The predicted molar refractivity (Wildman–Crippen MR) is 165 cm³/mol. The average molecular weight is 507 g/mol. The molecule has 2 nitrogen and oxygen atoms in total. The highest BCUT2D eigenvalue weighted by Gasteiger charge is 2.34. The Morgan fingerprint density at radius 3 is 1.46 bits per heavy atom. The summed E-state index contributed by atoms with van der Waals surface area (Å²) in [5.41, 5.74) is 17.3. The SMILES string of the molecule is CC1=Cc2c(cccc2N2CCc3ccccc32)C1CC1C(C)=Cc2c1cccc2N1CCc2ccccc21. The zero-order valence-electron chi connectivity index (χ0n) is 22.8. The van der Waals surface area contributed by atoms with E-state index in [1.807, 2.05) is 0 Å². The summed E-state index contributed by atoms with van der Waals surface area (Å²) in [6.07, 6.45) is 8.33. The number of benzene rings is 4. The lowest BCUT2D eigenvalue weighted by Crippen LogP contribution is -2.15. The van der Waals surface area contributed by atoms with Crippen LogP contribution in [0.15, 0.2) is 96.1 Å². The molecule has 0 saturated carbocycles. The van der Waals surface area contributed by atoms with E-state index < -0.39 is 0 Å². The minimum Gasteiger partial charge on any atom is -0.340 e. The molecule has 2 unspecified atom stereocenters. The van der Waals surface area contributed by atoms with Crippen molar-refractivity contribution >= 4 is 34.9 Å². The van der Waals surface area contributed by atoms with Crippen molar-refractivity contribution in [2.45, 2.75) is 44.9 Å². The van der Waals surface area contributed by atoms with E-state index in [-0.39, 0.29) is 0 Å². The highest BCUT2D eigenvalue weighted by molar-refractivity contribution is 5.84. The van der Waals surface area contributed by atoms with Gasteiger partial charge in [-0.15, -0.1) is 0 Å². The van der Waals surface area contributed by atoms with E-state index >= 15 is 0 Å². The van der Waals surface area contributed by atoms with Gasteiger partial charge in [0.2, 0.25) is 0 Å². The summed E-state index contributed by atoms with van der Waals surface area (Å²) < 4.78 is 0. The molecule has 192 valence electrons. The smallest absolute Gasteiger partial charge is 0.0487 e. The molecule has 0 radical (unpaired) electrons. The molecule has 0 fully saturated rings. The van der Waals surface area contributed by atoms with Crippen LogP contribution in [0.1, 0.15) is 65.5 Å². The van der Waals surface area contributed by atoms with Gasteiger partial charge in [-0.1, -0.05) is 84.0 Å². The van der Waals surface area contributed by atoms with Gasteiger partial charge in [0.15, 0.2) is 0 Å². The van der Waals surface area contributed by atoms with E-state index in [9.17, 15) is 0 Å². The molecule has 0 amide bonds. The van der Waals surface area contributed by atoms with Gasteiger partial charge in [0, 0.05) is 58.8 Å². The fourth-order valence-corrected chi connectivity index (χ4v) is 7.72. The quantitative estimate of drug-likeness (QED) is 0.272. The maximum absolute atomic E-state index is 2.54. The van der Waals surface area contributed by atoms with Crippen molar-refractivity contribution in [3.05, 3.63) is 129 Å². The van der Waals surface area contributed by atoms with Crippen LogP contribution < -0.4 is 9.80 Å². The fraction of sp³-hybridized carbons (Fsp3) is 0.243. The molecule has 4 aromatic rings. The first-order valence-corrected chi connectivity index (χ1v) is 14.5. The second-order valence-corrected chi connectivity index (χ2v) is 11.7. The molecule has 2 heteroatoms. The van der Waals surface area contributed by atoms with Crippen molar-refractivity contribution in [3.8, 4) is 0 Å². The second kappa shape index (κ2) is 8.74. The summed E-state index contributed by atoms with van der Waals surface area (Å²) in [6.45, 7) is 6.82. The van der Waals surface area contributed by atoms with Crippen molar-refractivity contribution in [2.24, 2.45) is 0 Å². The number of nitrogens with zero attached hydrogens (tertiary/aromatic N) is 2. The molecule has 0 saturated heterocycles. The minimum atomic E-state index is 0.452. The van der Waals surface area contributed by atoms with Crippen LogP contribution in [-0.2, 0) is 12.8 Å². The minimum absolute atomic E-state index is 0.452. The van der Waals surface area contributed by atoms with Crippen molar-refractivity contribution in [1.82, 2.24) is 0 Å². The third-order valence-electron chi connectivity index (χ3n) is 9.66. The van der Waals surface area contributed by atoms with E-state index in [0.29, 0.717) is 11.8 Å². The van der Waals surface area contributed by atoms with Gasteiger partial charge in [-0.3, -0.25) is 0 Å². The maximum Gasteiger partial charge on any atom is 0.0487 e. The van der Waals surface area contributed by atoms with E-state index in [2.05, 4.69) is 121 Å². The molecule has 2 heterocycles. The van der Waals surface area contributed by atoms with Crippen LogP contribution in [0.2, 0.25) is 0 Å². The number of rotatable bonds is 4. The van der Waals surface area contributed by atoms with Gasteiger partial charge in [0.05, 0.1) is 0 Å². The highest BCUT2D eigenvalue weighted by Crippen LogP contribution is 2.52. The Balaban J connectivity index is 1.13. The van der Waals surface area contributed by atoms with Gasteiger partial charge in [0.25, 0.3) is 0 Å². The number of hydrogen-bond donors (Lipinski definition) is 0. The topological polar surface area (TPSA) is 6.48 Å². The third-order valence-corrected chi connectivity index (χ3v) is 9.66. The summed E-state index contributed by atoms with van der Waals surface area (Å²) in [4.78, 5) is 5.08. The first kappa shape index (κ1) is 22.9. The Hall–Kier alpha value is -4.04. The Morgan fingerprint density at radius 2 is 0.974 bits per heavy atom. The number of allylic oxidation sites excluding steroid dienone is 2. The number of anilines is 4. The summed E-state index contributed by atoms with van der Waals surface area (Å²) in [7, 11) is 0. The number of para-hydroxylation sites is 2. The highest BCUT2D eigenvalue weighted by atomic mass is 15.2. The molecule has 0 bridgehead atoms. The number of hydrogen-bond acceptors (Lipinski definition) is 2. The van der Waals surface area contributed by atoms with E-state index in [1.54, 1.807) is 0 Å². The molecule has 39 heavy (non-hydrogen) atoms. The normalized spacial score (nSPS) is 20.5. The Bertz CT molecular complexity index is 1560. The molecule has 0 aromatic heterocycles. The summed E-state index contributed by atoms with van der Waals surface area (Å²) in [6, 6.07) is 31.8. The molecular weight excluding hydrogens is 472 g/mol. The van der Waals surface area contributed by atoms with Crippen LogP contribution in [0.25, 0.3) is 12.2 Å². The van der Waals surface area contributed by atoms with Crippen LogP contribution in [0.3, 0.4) is 0 Å². The van der Waals surface area contributed by atoms with Crippen molar-refractivity contribution in [3.63, 3.8) is 0 Å². The molecule has 2 aliphatic heterocycles. The van der Waals surface area contributed by atoms with E-state index in [1.165, 1.54) is 67.3 Å². The van der Waals surface area contributed by atoms with Gasteiger partial charge in [-0.2, -0.15) is 0 Å². The molecule has 2 aliphatic carbocycles. The zero-order chi connectivity index (χ0) is 26.1. The molecular formula is C37H34N2. The van der Waals surface area contributed by atoms with Crippen LogP contribution in [0.4, 0.5) is 22.7 Å². The van der Waals surface area contributed by atoms with E-state index in [0.717, 1.165) is 32.4 Å². The van der Waals surface area contributed by atoms with Crippen molar-refractivity contribution < 1.29 is 0 Å². The first-order chi connectivity index (χ1) is 19.2. The summed E-state index contributed by atoms with van der Waals surface area (Å²) in [5, 5.41) is 0. The van der Waals surface area contributed by atoms with Gasteiger partial charge >= 0.3 is 0 Å². The van der Waals surface area contributed by atoms with E-state index in [4.69, 9.17) is 0 Å². The Morgan fingerprint density at radius 1 is 0.538 bits per heavy atom. The van der Waals surface area contributed by atoms with Gasteiger partial charge < -0.3 is 9.80 Å². The van der Waals surface area contributed by atoms with Crippen LogP contribution in [0.5, 0.6) is 0 Å². The molecule has 0 spiro atoms. The van der Waals surface area contributed by atoms with Gasteiger partial charge in [-0.25, -0.2) is 0 Å². The van der Waals surface area contributed by atoms with Gasteiger partial charge in [-0.05, 0) is 79.6 Å². The lowest BCUT2D eigenvalue weighted by atomic mass is 9.82. The standard InChI is InChI=1S/C37H34N2/c1-24-21-32-28(11-7-15-36(32)38-19-17-26-9-3-5-13-34(26)38)30(24)23-31-25(2)22-33-29(31)12-8-16-37(33)39-20-18-27-10-4-6-14-35(27)39/h3-16,21-22,30-31H,17-20,23H2,1-2H3. The average Bonchev–Trinajstić information content (AvgIpc) is 3.72. The number of fused-ring (bicyclic) bond motifs is 4. The largest absolute Gasteiger partial charge is 0.340 e. The molecule has 8 rings (SSSR count). The lowest BCUT2D eigenvalue weighted by Gasteiger charge is -2.26. The van der Waals surface area contributed by atoms with Crippen molar-refractivity contribution in [2.75, 3.05) is 22.9 Å². The molecule has 4 aliphatic rings. The monoisotopic (exact) mass is 506 g/mol. The van der Waals surface area contributed by atoms with Crippen LogP contribution >= 0.6 is 0 Å². The third kappa shape index (κ3) is 3.47. The lowest BCUT2D eigenvalue weighted by molar-refractivity contribution is 0.642. The predicted octanol–water partition coefficient (Wildman–Crippen LogP) is 9.17. The molecule has 0 N–H and O–H groups in total. The van der Waals surface area contributed by atoms with Gasteiger partial charge in [0.1, 0.15) is 0 Å². The Kier molecular flexibility index (Phi) is 5.13. The summed E-state index contributed by atoms with van der Waals surface area (Å²) >= 11 is 0. The first-order valence-electron chi connectivity index (χ1n) is 14.5. The molecule has 2 atom stereocenters. The van der Waals surface area contributed by atoms with Crippen molar-refractivity contribution in [1.29, 1.82) is 0 Å². The Labute approximate surface area is 231 Å².